The molecule has 0 aromatic heterocycles. The average Bonchev–Trinajstić information content (AvgIpc) is 1.38. The van der Waals surface area contributed by atoms with Crippen LogP contribution in [0.15, 0.2) is 0 Å². The van der Waals surface area contributed by atoms with Crippen molar-refractivity contribution in [1.29, 1.82) is 0 Å². The van der Waals surface area contributed by atoms with E-state index in [0.29, 0.717) is 0 Å². The van der Waals surface area contributed by atoms with Crippen molar-refractivity contribution in [2.75, 3.05) is 0 Å². The molecule has 0 rings (SSSR count). The molecule has 0 aliphatic carbocycles. The van der Waals surface area contributed by atoms with Gasteiger partial charge in [-0.1, -0.05) is 0 Å². The van der Waals surface area contributed by atoms with Crippen molar-refractivity contribution < 1.29 is 16.9 Å². The third-order valence-corrected chi connectivity index (χ3v) is 0.346. The summed E-state index contributed by atoms with van der Waals surface area (Å²) in [5, 5.41) is 7.08. The van der Waals surface area contributed by atoms with Crippen LogP contribution in [0.5, 0.6) is 0 Å². The molecular weight excluding hydrogens is 143 g/mol. The predicted octanol–water partition coefficient (Wildman–Crippen LogP) is -0.946. The summed E-state index contributed by atoms with van der Waals surface area (Å²) in [5.74, 6) is 0. The zero-order valence-electron chi connectivity index (χ0n) is 2.12. The molecule has 0 heterocycles. The zero-order valence-corrected chi connectivity index (χ0v) is 4.00. The Bertz CT molecular complexity index is 61.7. The van der Waals surface area contributed by atoms with Gasteiger partial charge >= 0.3 is 31.0 Å². The van der Waals surface area contributed by atoms with Gasteiger partial charge in [-0.3, -0.25) is 0 Å². The van der Waals surface area contributed by atoms with E-state index in [-0.39, 0.29) is 0 Å². The molecule has 5 heavy (non-hydrogen) atoms. The molecule has 0 unspecified atom stereocenters. The molecule has 0 aliphatic heterocycles. The summed E-state index contributed by atoms with van der Waals surface area (Å²) in [7, 11) is 0. The van der Waals surface area contributed by atoms with Gasteiger partial charge in [-0.15, -0.1) is 0 Å². The maximum absolute atomic E-state index is 9.01. The topological polar surface area (TPSA) is 63.6 Å². The van der Waals surface area contributed by atoms with Gasteiger partial charge in [0.05, 0.1) is 0 Å². The van der Waals surface area contributed by atoms with Crippen LogP contribution in [0.1, 0.15) is 0 Å². The number of hydrogen-bond acceptors (Lipinski definition) is 4. The van der Waals surface area contributed by atoms with Gasteiger partial charge < -0.3 is 0 Å². The van der Waals surface area contributed by atoms with Crippen LogP contribution in [0.2, 0.25) is 0 Å². The normalized spacial score (nSPS) is 9.20. The Kier molecular flexibility index (Phi) is 2.31. The van der Waals surface area contributed by atoms with Crippen molar-refractivity contribution in [3.05, 3.63) is 0 Å². The quantitative estimate of drug-likeness (QED) is 0.293. The van der Waals surface area contributed by atoms with Gasteiger partial charge in [0, 0.05) is 0 Å². The van der Waals surface area contributed by atoms with Gasteiger partial charge in [0.1, 0.15) is 0 Å². The molecule has 0 aromatic rings. The second kappa shape index (κ2) is 2.29. The predicted molar refractivity (Wildman–Crippen MR) is 12.2 cm³/mol. The fourth-order valence-corrected chi connectivity index (χ4v) is 0. The van der Waals surface area contributed by atoms with Crippen LogP contribution in [0.25, 0.3) is 0 Å². The SMILES string of the molecule is O=[SeH](=O)OO. The monoisotopic (exact) mass is 146 g/mol. The van der Waals surface area contributed by atoms with Crippen molar-refractivity contribution in [3.63, 3.8) is 0 Å². The third-order valence-electron chi connectivity index (χ3n) is 0.0667. The maximum atomic E-state index is 9.01. The van der Waals surface area contributed by atoms with Crippen LogP contribution >= 0.6 is 0 Å². The van der Waals surface area contributed by atoms with Crippen LogP contribution in [-0.2, 0) is 11.6 Å². The molecule has 0 amide bonds. The molecule has 0 aromatic carbocycles. The summed E-state index contributed by atoms with van der Waals surface area (Å²) in [6.45, 7) is 0. The molecule has 0 fully saturated rings. The van der Waals surface area contributed by atoms with E-state index in [9.17, 15) is 0 Å². The first-order valence-corrected chi connectivity index (χ1v) is 3.03. The average molecular weight is 145 g/mol. The molecule has 5 heteroatoms. The number of rotatable bonds is 1. The van der Waals surface area contributed by atoms with Crippen molar-refractivity contribution in [3.8, 4) is 0 Å². The van der Waals surface area contributed by atoms with E-state index in [0.717, 1.165) is 0 Å². The molecule has 1 N–H and O–H groups in total. The van der Waals surface area contributed by atoms with E-state index >= 15 is 0 Å². The van der Waals surface area contributed by atoms with E-state index < -0.39 is 14.1 Å². The molecule has 0 saturated heterocycles. The van der Waals surface area contributed by atoms with Crippen LogP contribution in [-0.4, -0.2) is 19.4 Å². The Morgan fingerprint density at radius 3 is 1.80 bits per heavy atom. The molecule has 32 valence electrons. The Balaban J connectivity index is 3.23. The van der Waals surface area contributed by atoms with Gasteiger partial charge in [-0.2, -0.15) is 0 Å². The van der Waals surface area contributed by atoms with Crippen LogP contribution in [0.4, 0.5) is 0 Å². The Morgan fingerprint density at radius 1 is 1.60 bits per heavy atom. The van der Waals surface area contributed by atoms with Gasteiger partial charge in [0.2, 0.25) is 0 Å². The molecule has 0 radical (unpaired) electrons. The first-order valence-electron chi connectivity index (χ1n) is 0.730. The van der Waals surface area contributed by atoms with Crippen molar-refractivity contribution >= 4 is 14.1 Å². The van der Waals surface area contributed by atoms with Crippen LogP contribution in [0, 0.1) is 0 Å². The van der Waals surface area contributed by atoms with E-state index in [1.807, 2.05) is 0 Å². The minimum absolute atomic E-state index is 2.78. The fraction of sp³-hybridized carbons (Fsp3) is 0. The van der Waals surface area contributed by atoms with Gasteiger partial charge in [-0.05, 0) is 0 Å². The fourth-order valence-electron chi connectivity index (χ4n) is 0. The Labute approximate surface area is 31.9 Å². The van der Waals surface area contributed by atoms with E-state index in [2.05, 4.69) is 3.97 Å². The zero-order chi connectivity index (χ0) is 4.28. The molecule has 0 atom stereocenters. The molecule has 0 aliphatic rings. The van der Waals surface area contributed by atoms with E-state index in [1.165, 1.54) is 0 Å². The van der Waals surface area contributed by atoms with E-state index in [4.69, 9.17) is 12.9 Å². The van der Waals surface area contributed by atoms with Gasteiger partial charge in [0.25, 0.3) is 0 Å². The summed E-state index contributed by atoms with van der Waals surface area (Å²) >= 11 is -3.65. The summed E-state index contributed by atoms with van der Waals surface area (Å²) in [6.07, 6.45) is 0. The number of hydrogen-bond donors (Lipinski definition) is 1. The van der Waals surface area contributed by atoms with E-state index in [1.54, 1.807) is 0 Å². The molecule has 0 spiro atoms. The second-order valence-corrected chi connectivity index (χ2v) is 1.59. The second-order valence-electron chi connectivity index (χ2n) is 0.305. The van der Waals surface area contributed by atoms with Crippen molar-refractivity contribution in [2.24, 2.45) is 0 Å². The first-order chi connectivity index (χ1) is 2.27. The minimum atomic E-state index is -3.65. The molecular formula is H2O4Se. The van der Waals surface area contributed by atoms with Crippen LogP contribution < -0.4 is 0 Å². The Morgan fingerprint density at radius 2 is 1.80 bits per heavy atom. The molecule has 0 saturated carbocycles. The van der Waals surface area contributed by atoms with Crippen molar-refractivity contribution in [2.45, 2.75) is 0 Å². The first kappa shape index (κ1) is 5.04. The third kappa shape index (κ3) is 4.04. The van der Waals surface area contributed by atoms with Crippen molar-refractivity contribution in [1.82, 2.24) is 0 Å². The summed E-state index contributed by atoms with van der Waals surface area (Å²) in [4.78, 5) is 0. The molecule has 0 bridgehead atoms. The molecule has 4 nitrogen and oxygen atoms in total. The Hall–Kier alpha value is 0.0395. The summed E-state index contributed by atoms with van der Waals surface area (Å²) < 4.78 is 20.8. The summed E-state index contributed by atoms with van der Waals surface area (Å²) in [5.41, 5.74) is 0. The summed E-state index contributed by atoms with van der Waals surface area (Å²) in [6, 6.07) is 0. The van der Waals surface area contributed by atoms with Gasteiger partial charge in [0.15, 0.2) is 0 Å². The van der Waals surface area contributed by atoms with Gasteiger partial charge in [-0.25, -0.2) is 0 Å². The standard InChI is InChI=1S/H2O4Se/c1-4-5(2)3/h1,5H. The van der Waals surface area contributed by atoms with Crippen LogP contribution in [0.3, 0.4) is 0 Å².